The van der Waals surface area contributed by atoms with Crippen LogP contribution in [0.15, 0.2) is 24.3 Å². The highest BCUT2D eigenvalue weighted by atomic mass is 35.5. The van der Waals surface area contributed by atoms with Crippen LogP contribution in [0.2, 0.25) is 5.02 Å². The Balaban J connectivity index is 2.27. The SMILES string of the molecule is COCCC(C)NCC(=O)Nc1ccc(Cl)cc1. The van der Waals surface area contributed by atoms with E-state index in [1.54, 1.807) is 31.4 Å². The normalized spacial score (nSPS) is 12.2. The second kappa shape index (κ2) is 8.08. The monoisotopic (exact) mass is 270 g/mol. The van der Waals surface area contributed by atoms with Gasteiger partial charge >= 0.3 is 0 Å². The van der Waals surface area contributed by atoms with Gasteiger partial charge < -0.3 is 15.4 Å². The summed E-state index contributed by atoms with van der Waals surface area (Å²) < 4.78 is 4.97. The molecule has 0 spiro atoms. The predicted octanol–water partition coefficient (Wildman–Crippen LogP) is 2.29. The molecule has 2 N–H and O–H groups in total. The maximum Gasteiger partial charge on any atom is 0.238 e. The molecule has 0 aliphatic rings. The lowest BCUT2D eigenvalue weighted by atomic mass is 10.2. The Morgan fingerprint density at radius 3 is 2.67 bits per heavy atom. The number of methoxy groups -OCH3 is 1. The Morgan fingerprint density at radius 1 is 1.39 bits per heavy atom. The van der Waals surface area contributed by atoms with Crippen LogP contribution in [0.3, 0.4) is 0 Å². The summed E-state index contributed by atoms with van der Waals surface area (Å²) in [4.78, 5) is 11.6. The lowest BCUT2D eigenvalue weighted by molar-refractivity contribution is -0.115. The van der Waals surface area contributed by atoms with Crippen molar-refractivity contribution in [1.29, 1.82) is 0 Å². The van der Waals surface area contributed by atoms with Crippen LogP contribution in [0.25, 0.3) is 0 Å². The third-order valence-electron chi connectivity index (χ3n) is 2.49. The van der Waals surface area contributed by atoms with Gasteiger partial charge in [-0.1, -0.05) is 11.6 Å². The van der Waals surface area contributed by atoms with Gasteiger partial charge in [0.15, 0.2) is 0 Å². The minimum atomic E-state index is -0.0680. The van der Waals surface area contributed by atoms with Gasteiger partial charge in [0, 0.05) is 30.5 Å². The number of amides is 1. The molecule has 1 amide bonds. The highest BCUT2D eigenvalue weighted by molar-refractivity contribution is 6.30. The van der Waals surface area contributed by atoms with Gasteiger partial charge in [-0.25, -0.2) is 0 Å². The Morgan fingerprint density at radius 2 is 2.06 bits per heavy atom. The maximum atomic E-state index is 11.6. The van der Waals surface area contributed by atoms with E-state index in [9.17, 15) is 4.79 Å². The Bertz CT molecular complexity index is 368. The molecule has 1 unspecified atom stereocenters. The van der Waals surface area contributed by atoms with Gasteiger partial charge in [0.25, 0.3) is 0 Å². The van der Waals surface area contributed by atoms with Crippen molar-refractivity contribution in [3.05, 3.63) is 29.3 Å². The minimum absolute atomic E-state index is 0.0680. The fourth-order valence-electron chi connectivity index (χ4n) is 1.40. The van der Waals surface area contributed by atoms with E-state index in [0.29, 0.717) is 11.6 Å². The van der Waals surface area contributed by atoms with Crippen LogP contribution in [-0.2, 0) is 9.53 Å². The van der Waals surface area contributed by atoms with Crippen LogP contribution in [0, 0.1) is 0 Å². The van der Waals surface area contributed by atoms with E-state index >= 15 is 0 Å². The van der Waals surface area contributed by atoms with Crippen molar-refractivity contribution in [2.45, 2.75) is 19.4 Å². The number of benzene rings is 1. The zero-order valence-corrected chi connectivity index (χ0v) is 11.5. The molecule has 100 valence electrons. The summed E-state index contributed by atoms with van der Waals surface area (Å²) in [6.45, 7) is 3.00. The Kier molecular flexibility index (Phi) is 6.72. The van der Waals surface area contributed by atoms with Gasteiger partial charge in [-0.05, 0) is 37.6 Å². The van der Waals surface area contributed by atoms with Crippen LogP contribution in [0.1, 0.15) is 13.3 Å². The molecule has 0 heterocycles. The quantitative estimate of drug-likeness (QED) is 0.799. The molecule has 1 atom stereocenters. The van der Waals surface area contributed by atoms with E-state index in [1.165, 1.54) is 0 Å². The molecule has 1 aromatic carbocycles. The number of hydrogen-bond donors (Lipinski definition) is 2. The van der Waals surface area contributed by atoms with E-state index in [4.69, 9.17) is 16.3 Å². The Labute approximate surface area is 113 Å². The summed E-state index contributed by atoms with van der Waals surface area (Å²) >= 11 is 5.76. The van der Waals surface area contributed by atoms with Gasteiger partial charge in [-0.15, -0.1) is 0 Å². The molecule has 0 aromatic heterocycles. The van der Waals surface area contributed by atoms with Gasteiger partial charge in [0.2, 0.25) is 5.91 Å². The molecule has 0 aliphatic carbocycles. The first-order valence-corrected chi connectivity index (χ1v) is 6.27. The number of rotatable bonds is 7. The van der Waals surface area contributed by atoms with E-state index in [1.807, 2.05) is 6.92 Å². The second-order valence-corrected chi connectivity index (χ2v) is 4.55. The van der Waals surface area contributed by atoms with Gasteiger partial charge in [-0.2, -0.15) is 0 Å². The topological polar surface area (TPSA) is 50.4 Å². The van der Waals surface area contributed by atoms with Crippen molar-refractivity contribution in [2.75, 3.05) is 25.6 Å². The van der Waals surface area contributed by atoms with Crippen molar-refractivity contribution in [2.24, 2.45) is 0 Å². The Hall–Kier alpha value is -1.10. The standard InChI is InChI=1S/C13H19ClN2O2/c1-10(7-8-18-2)15-9-13(17)16-12-5-3-11(14)4-6-12/h3-6,10,15H,7-9H2,1-2H3,(H,16,17). The molecule has 0 radical (unpaired) electrons. The lowest BCUT2D eigenvalue weighted by Crippen LogP contribution is -2.35. The van der Waals surface area contributed by atoms with Crippen LogP contribution >= 0.6 is 11.6 Å². The summed E-state index contributed by atoms with van der Waals surface area (Å²) in [5, 5.41) is 6.57. The first-order valence-electron chi connectivity index (χ1n) is 5.89. The summed E-state index contributed by atoms with van der Waals surface area (Å²) in [7, 11) is 1.67. The summed E-state index contributed by atoms with van der Waals surface area (Å²) in [5.74, 6) is -0.0680. The number of anilines is 1. The smallest absolute Gasteiger partial charge is 0.238 e. The molecule has 18 heavy (non-hydrogen) atoms. The van der Waals surface area contributed by atoms with E-state index in [-0.39, 0.29) is 18.5 Å². The zero-order valence-electron chi connectivity index (χ0n) is 10.7. The highest BCUT2D eigenvalue weighted by Gasteiger charge is 2.05. The molecule has 0 saturated heterocycles. The zero-order chi connectivity index (χ0) is 13.4. The number of halogens is 1. The second-order valence-electron chi connectivity index (χ2n) is 4.12. The molecule has 4 nitrogen and oxygen atoms in total. The lowest BCUT2D eigenvalue weighted by Gasteiger charge is -2.13. The third-order valence-corrected chi connectivity index (χ3v) is 2.75. The van der Waals surface area contributed by atoms with Crippen LogP contribution in [0.4, 0.5) is 5.69 Å². The summed E-state index contributed by atoms with van der Waals surface area (Å²) in [5.41, 5.74) is 0.746. The third kappa shape index (κ3) is 6.00. The van der Waals surface area contributed by atoms with Gasteiger partial charge in [0.05, 0.1) is 6.54 Å². The average molecular weight is 271 g/mol. The fraction of sp³-hybridized carbons (Fsp3) is 0.462. The van der Waals surface area contributed by atoms with E-state index in [2.05, 4.69) is 10.6 Å². The first-order chi connectivity index (χ1) is 8.61. The van der Waals surface area contributed by atoms with Crippen molar-refractivity contribution < 1.29 is 9.53 Å². The summed E-state index contributed by atoms with van der Waals surface area (Å²) in [6, 6.07) is 7.28. The van der Waals surface area contributed by atoms with Crippen LogP contribution < -0.4 is 10.6 Å². The predicted molar refractivity (Wildman–Crippen MR) is 74.0 cm³/mol. The maximum absolute atomic E-state index is 11.6. The van der Waals surface area contributed by atoms with Crippen LogP contribution in [0.5, 0.6) is 0 Å². The van der Waals surface area contributed by atoms with E-state index in [0.717, 1.165) is 12.1 Å². The number of carbonyl (C=O) groups excluding carboxylic acids is 1. The van der Waals surface area contributed by atoms with Crippen molar-refractivity contribution in [3.63, 3.8) is 0 Å². The average Bonchev–Trinajstić information content (AvgIpc) is 2.36. The van der Waals surface area contributed by atoms with Crippen molar-refractivity contribution in [3.8, 4) is 0 Å². The first kappa shape index (κ1) is 15.0. The fourth-order valence-corrected chi connectivity index (χ4v) is 1.53. The molecule has 5 heteroatoms. The number of ether oxygens (including phenoxy) is 1. The summed E-state index contributed by atoms with van der Waals surface area (Å²) in [6.07, 6.45) is 0.880. The minimum Gasteiger partial charge on any atom is -0.385 e. The molecule has 0 fully saturated rings. The molecule has 1 rings (SSSR count). The molecule has 0 aliphatic heterocycles. The van der Waals surface area contributed by atoms with Crippen LogP contribution in [-0.4, -0.2) is 32.2 Å². The highest BCUT2D eigenvalue weighted by Crippen LogP contribution is 2.12. The molecular weight excluding hydrogens is 252 g/mol. The van der Waals surface area contributed by atoms with Gasteiger partial charge in [-0.3, -0.25) is 4.79 Å². The molecule has 1 aromatic rings. The molecule has 0 saturated carbocycles. The number of hydrogen-bond acceptors (Lipinski definition) is 3. The largest absolute Gasteiger partial charge is 0.385 e. The molecule has 0 bridgehead atoms. The number of nitrogens with one attached hydrogen (secondary N) is 2. The van der Waals surface area contributed by atoms with Gasteiger partial charge in [0.1, 0.15) is 0 Å². The van der Waals surface area contributed by atoms with E-state index < -0.39 is 0 Å². The number of carbonyl (C=O) groups is 1. The van der Waals surface area contributed by atoms with Crippen molar-refractivity contribution >= 4 is 23.2 Å². The molecular formula is C13H19ClN2O2. The van der Waals surface area contributed by atoms with Crippen molar-refractivity contribution in [1.82, 2.24) is 5.32 Å².